The van der Waals surface area contributed by atoms with Crippen LogP contribution in [0.4, 0.5) is 4.39 Å². The van der Waals surface area contributed by atoms with Crippen molar-refractivity contribution in [1.82, 2.24) is 0 Å². The molecule has 0 radical (unpaired) electrons. The Labute approximate surface area is 95.4 Å². The predicted molar refractivity (Wildman–Crippen MR) is 61.8 cm³/mol. The van der Waals surface area contributed by atoms with Gasteiger partial charge in [-0.05, 0) is 61.8 Å². The quantitative estimate of drug-likeness (QED) is 0.679. The van der Waals surface area contributed by atoms with Crippen molar-refractivity contribution < 1.29 is 4.39 Å². The van der Waals surface area contributed by atoms with Gasteiger partial charge in [-0.3, -0.25) is 0 Å². The zero-order chi connectivity index (χ0) is 10.8. The number of halogens is 2. The Balaban J connectivity index is 1.92. The van der Waals surface area contributed by atoms with Gasteiger partial charge in [0.1, 0.15) is 5.82 Å². The summed E-state index contributed by atoms with van der Waals surface area (Å²) in [5.41, 5.74) is 2.26. The van der Waals surface area contributed by atoms with E-state index in [0.717, 1.165) is 24.3 Å². The fourth-order valence-electron chi connectivity index (χ4n) is 1.93. The lowest BCUT2D eigenvalue weighted by Gasteiger charge is -2.09. The third-order valence-corrected chi connectivity index (χ3v) is 3.70. The first-order chi connectivity index (χ1) is 7.16. The SMILES string of the molecule is Cc1cc(F)ccc1CCC(Cl)C1CC1. The zero-order valence-electron chi connectivity index (χ0n) is 8.97. The molecule has 1 atom stereocenters. The minimum absolute atomic E-state index is 0.152. The van der Waals surface area contributed by atoms with Crippen molar-refractivity contribution in [3.05, 3.63) is 35.1 Å². The Morgan fingerprint density at radius 3 is 2.80 bits per heavy atom. The van der Waals surface area contributed by atoms with E-state index in [1.165, 1.54) is 24.5 Å². The number of benzene rings is 1. The molecule has 0 bridgehead atoms. The lowest BCUT2D eigenvalue weighted by Crippen LogP contribution is -2.03. The van der Waals surface area contributed by atoms with E-state index in [1.54, 1.807) is 6.07 Å². The molecule has 15 heavy (non-hydrogen) atoms. The van der Waals surface area contributed by atoms with Gasteiger partial charge in [-0.25, -0.2) is 4.39 Å². The summed E-state index contributed by atoms with van der Waals surface area (Å²) in [6.45, 7) is 1.96. The van der Waals surface area contributed by atoms with Gasteiger partial charge in [-0.15, -0.1) is 11.6 Å². The van der Waals surface area contributed by atoms with E-state index >= 15 is 0 Å². The molecule has 0 saturated heterocycles. The molecule has 0 spiro atoms. The second-order valence-corrected chi connectivity index (χ2v) is 5.02. The van der Waals surface area contributed by atoms with E-state index in [1.807, 2.05) is 13.0 Å². The van der Waals surface area contributed by atoms with Crippen molar-refractivity contribution in [1.29, 1.82) is 0 Å². The smallest absolute Gasteiger partial charge is 0.123 e. The van der Waals surface area contributed by atoms with Crippen LogP contribution in [0.5, 0.6) is 0 Å². The van der Waals surface area contributed by atoms with Crippen LogP contribution >= 0.6 is 11.6 Å². The average Bonchev–Trinajstić information content (AvgIpc) is 2.99. The van der Waals surface area contributed by atoms with Crippen LogP contribution in [0.15, 0.2) is 18.2 Å². The molecule has 1 aromatic rings. The van der Waals surface area contributed by atoms with E-state index in [9.17, 15) is 4.39 Å². The maximum Gasteiger partial charge on any atom is 0.123 e. The maximum absolute atomic E-state index is 12.9. The Hall–Kier alpha value is -0.560. The van der Waals surface area contributed by atoms with Gasteiger partial charge in [-0.2, -0.15) is 0 Å². The number of rotatable bonds is 4. The van der Waals surface area contributed by atoms with Gasteiger partial charge in [0.2, 0.25) is 0 Å². The van der Waals surface area contributed by atoms with Crippen LogP contribution < -0.4 is 0 Å². The Morgan fingerprint density at radius 1 is 1.47 bits per heavy atom. The van der Waals surface area contributed by atoms with E-state index in [0.29, 0.717) is 5.38 Å². The molecular formula is C13H16ClF. The molecule has 0 amide bonds. The highest BCUT2D eigenvalue weighted by Gasteiger charge is 2.29. The van der Waals surface area contributed by atoms with Crippen LogP contribution in [0.25, 0.3) is 0 Å². The maximum atomic E-state index is 12.9. The van der Waals surface area contributed by atoms with Gasteiger partial charge in [0.05, 0.1) is 0 Å². The molecule has 1 fully saturated rings. The minimum atomic E-state index is -0.152. The summed E-state index contributed by atoms with van der Waals surface area (Å²) in [5.74, 6) is 0.591. The molecule has 1 unspecified atom stereocenters. The lowest BCUT2D eigenvalue weighted by atomic mass is 10.0. The normalized spacial score (nSPS) is 17.8. The van der Waals surface area contributed by atoms with E-state index in [-0.39, 0.29) is 5.82 Å². The number of alkyl halides is 1. The van der Waals surface area contributed by atoms with Crippen LogP contribution in [0.1, 0.15) is 30.4 Å². The fraction of sp³-hybridized carbons (Fsp3) is 0.538. The Kier molecular flexibility index (Phi) is 3.30. The summed E-state index contributed by atoms with van der Waals surface area (Å²) >= 11 is 6.24. The number of hydrogen-bond acceptors (Lipinski definition) is 0. The van der Waals surface area contributed by atoms with Crippen molar-refractivity contribution in [2.45, 2.75) is 38.0 Å². The molecule has 2 heteroatoms. The number of hydrogen-bond donors (Lipinski definition) is 0. The minimum Gasteiger partial charge on any atom is -0.207 e. The summed E-state index contributed by atoms with van der Waals surface area (Å²) in [7, 11) is 0. The van der Waals surface area contributed by atoms with Gasteiger partial charge < -0.3 is 0 Å². The largest absolute Gasteiger partial charge is 0.207 e. The van der Waals surface area contributed by atoms with Crippen LogP contribution in [-0.2, 0) is 6.42 Å². The molecule has 0 aromatic heterocycles. The lowest BCUT2D eigenvalue weighted by molar-refractivity contribution is 0.623. The van der Waals surface area contributed by atoms with Gasteiger partial charge >= 0.3 is 0 Å². The third-order valence-electron chi connectivity index (χ3n) is 3.13. The highest BCUT2D eigenvalue weighted by Crippen LogP contribution is 2.37. The first kappa shape index (κ1) is 10.9. The fourth-order valence-corrected chi connectivity index (χ4v) is 2.29. The zero-order valence-corrected chi connectivity index (χ0v) is 9.73. The second-order valence-electron chi connectivity index (χ2n) is 4.46. The van der Waals surface area contributed by atoms with Gasteiger partial charge in [0.25, 0.3) is 0 Å². The van der Waals surface area contributed by atoms with Crippen LogP contribution in [-0.4, -0.2) is 5.38 Å². The van der Waals surface area contributed by atoms with Crippen molar-refractivity contribution >= 4 is 11.6 Å². The van der Waals surface area contributed by atoms with Crippen molar-refractivity contribution in [2.24, 2.45) is 5.92 Å². The molecule has 0 heterocycles. The summed E-state index contributed by atoms with van der Waals surface area (Å²) in [6, 6.07) is 5.00. The second kappa shape index (κ2) is 4.52. The molecule has 0 N–H and O–H groups in total. The first-order valence-electron chi connectivity index (χ1n) is 5.56. The highest BCUT2D eigenvalue weighted by atomic mass is 35.5. The Morgan fingerprint density at radius 2 is 2.20 bits per heavy atom. The molecule has 1 aromatic carbocycles. The molecule has 1 aliphatic carbocycles. The summed E-state index contributed by atoms with van der Waals surface area (Å²) in [6.07, 6.45) is 4.56. The standard InChI is InChI=1S/C13H16ClF/c1-9-8-12(15)6-4-10(9)5-7-13(14)11-2-3-11/h4,6,8,11,13H,2-3,5,7H2,1H3. The van der Waals surface area contributed by atoms with Crippen LogP contribution in [0.3, 0.4) is 0 Å². The van der Waals surface area contributed by atoms with E-state index < -0.39 is 0 Å². The van der Waals surface area contributed by atoms with Crippen LogP contribution in [0, 0.1) is 18.7 Å². The van der Waals surface area contributed by atoms with Gasteiger partial charge in [0, 0.05) is 5.38 Å². The van der Waals surface area contributed by atoms with Gasteiger partial charge in [-0.1, -0.05) is 6.07 Å². The molecule has 1 saturated carbocycles. The predicted octanol–water partition coefficient (Wildman–Crippen LogP) is 4.08. The number of aryl methyl sites for hydroxylation is 2. The summed E-state index contributed by atoms with van der Waals surface area (Å²) in [4.78, 5) is 0. The Bertz CT molecular complexity index is 344. The molecule has 1 aliphatic rings. The van der Waals surface area contributed by atoms with E-state index in [2.05, 4.69) is 0 Å². The molecular weight excluding hydrogens is 211 g/mol. The van der Waals surface area contributed by atoms with Crippen molar-refractivity contribution in [3.8, 4) is 0 Å². The van der Waals surface area contributed by atoms with Crippen molar-refractivity contribution in [3.63, 3.8) is 0 Å². The summed E-state index contributed by atoms with van der Waals surface area (Å²) in [5, 5.41) is 0.314. The first-order valence-corrected chi connectivity index (χ1v) is 5.99. The van der Waals surface area contributed by atoms with Crippen LogP contribution in [0.2, 0.25) is 0 Å². The molecule has 0 nitrogen and oxygen atoms in total. The molecule has 0 aliphatic heterocycles. The average molecular weight is 227 g/mol. The van der Waals surface area contributed by atoms with Gasteiger partial charge in [0.15, 0.2) is 0 Å². The van der Waals surface area contributed by atoms with E-state index in [4.69, 9.17) is 11.6 Å². The third kappa shape index (κ3) is 2.94. The molecule has 2 rings (SSSR count). The monoisotopic (exact) mass is 226 g/mol. The van der Waals surface area contributed by atoms with Crippen molar-refractivity contribution in [2.75, 3.05) is 0 Å². The summed E-state index contributed by atoms with van der Waals surface area (Å²) < 4.78 is 12.9. The highest BCUT2D eigenvalue weighted by molar-refractivity contribution is 6.20. The molecule has 82 valence electrons. The topological polar surface area (TPSA) is 0 Å².